The summed E-state index contributed by atoms with van der Waals surface area (Å²) in [5, 5.41) is 6.77. The molecule has 3 rings (SSSR count). The van der Waals surface area contributed by atoms with Crippen LogP contribution in [0.3, 0.4) is 0 Å². The average molecular weight is 353 g/mol. The van der Waals surface area contributed by atoms with E-state index in [1.54, 1.807) is 14.2 Å². The minimum atomic E-state index is 0.519. The topological polar surface area (TPSA) is 54.9 Å². The molecule has 5 nitrogen and oxygen atoms in total. The van der Waals surface area contributed by atoms with Crippen molar-refractivity contribution in [1.29, 1.82) is 0 Å². The lowest BCUT2D eigenvalue weighted by molar-refractivity contribution is 0.284. The predicted octanol–water partition coefficient (Wildman–Crippen LogP) is 3.35. The number of ether oxygens (including phenoxy) is 2. The Bertz CT molecular complexity index is 746. The lowest BCUT2D eigenvalue weighted by Gasteiger charge is -2.14. The van der Waals surface area contributed by atoms with Crippen LogP contribution in [0.5, 0.6) is 11.5 Å². The molecule has 2 unspecified atom stereocenters. The number of nitrogens with zero attached hydrogens (tertiary/aromatic N) is 1. The van der Waals surface area contributed by atoms with Gasteiger partial charge in [0.25, 0.3) is 0 Å². The Kier molecular flexibility index (Phi) is 6.00. The molecule has 1 aliphatic carbocycles. The standard InChI is InChI=1S/C21H27N3O2/c1-15-11-18(15)24-21(22-2)23-13-17-9-10-19(20(12-17)25-3)26-14-16-7-5-4-6-8-16/h4-10,12,15,18H,11,13-14H2,1-3H3,(H2,22,23,24). The van der Waals surface area contributed by atoms with E-state index in [0.29, 0.717) is 19.2 Å². The Labute approximate surface area is 155 Å². The van der Waals surface area contributed by atoms with Gasteiger partial charge in [0.1, 0.15) is 6.61 Å². The van der Waals surface area contributed by atoms with Crippen LogP contribution >= 0.6 is 0 Å². The van der Waals surface area contributed by atoms with Crippen LogP contribution in [0.15, 0.2) is 53.5 Å². The van der Waals surface area contributed by atoms with Gasteiger partial charge >= 0.3 is 0 Å². The zero-order valence-electron chi connectivity index (χ0n) is 15.7. The van der Waals surface area contributed by atoms with Crippen molar-refractivity contribution in [2.45, 2.75) is 32.5 Å². The molecular weight excluding hydrogens is 326 g/mol. The predicted molar refractivity (Wildman–Crippen MR) is 105 cm³/mol. The maximum Gasteiger partial charge on any atom is 0.191 e. The van der Waals surface area contributed by atoms with Crippen molar-refractivity contribution in [1.82, 2.24) is 10.6 Å². The molecule has 0 heterocycles. The zero-order chi connectivity index (χ0) is 18.4. The summed E-state index contributed by atoms with van der Waals surface area (Å²) in [6.07, 6.45) is 1.21. The summed E-state index contributed by atoms with van der Waals surface area (Å²) in [4.78, 5) is 4.28. The Balaban J connectivity index is 1.57. The Hall–Kier alpha value is -2.69. The van der Waals surface area contributed by atoms with Crippen molar-refractivity contribution < 1.29 is 9.47 Å². The highest BCUT2D eigenvalue weighted by atomic mass is 16.5. The fourth-order valence-corrected chi connectivity index (χ4v) is 2.76. The first-order valence-electron chi connectivity index (χ1n) is 9.00. The van der Waals surface area contributed by atoms with Gasteiger partial charge in [-0.25, -0.2) is 0 Å². The minimum Gasteiger partial charge on any atom is -0.493 e. The van der Waals surface area contributed by atoms with E-state index in [1.807, 2.05) is 48.5 Å². The molecule has 0 radical (unpaired) electrons. The van der Waals surface area contributed by atoms with E-state index in [1.165, 1.54) is 6.42 Å². The number of rotatable bonds is 7. The summed E-state index contributed by atoms with van der Waals surface area (Å²) in [6, 6.07) is 16.7. The molecular formula is C21H27N3O2. The van der Waals surface area contributed by atoms with Crippen molar-refractivity contribution in [3.05, 3.63) is 59.7 Å². The van der Waals surface area contributed by atoms with Gasteiger partial charge in [0.05, 0.1) is 7.11 Å². The molecule has 1 aliphatic rings. The molecule has 0 aliphatic heterocycles. The van der Waals surface area contributed by atoms with Crippen LogP contribution in [0, 0.1) is 5.92 Å². The lowest BCUT2D eigenvalue weighted by atomic mass is 10.2. The number of nitrogens with one attached hydrogen (secondary N) is 2. The van der Waals surface area contributed by atoms with Crippen molar-refractivity contribution >= 4 is 5.96 Å². The number of guanidine groups is 1. The van der Waals surface area contributed by atoms with Crippen LogP contribution in [0.1, 0.15) is 24.5 Å². The van der Waals surface area contributed by atoms with Crippen LogP contribution < -0.4 is 20.1 Å². The van der Waals surface area contributed by atoms with Crippen LogP contribution in [0.4, 0.5) is 0 Å². The van der Waals surface area contributed by atoms with E-state index in [-0.39, 0.29) is 0 Å². The maximum absolute atomic E-state index is 5.91. The van der Waals surface area contributed by atoms with Gasteiger partial charge in [-0.1, -0.05) is 43.3 Å². The third kappa shape index (κ3) is 4.91. The van der Waals surface area contributed by atoms with Crippen LogP contribution in [0.25, 0.3) is 0 Å². The molecule has 2 atom stereocenters. The second-order valence-corrected chi connectivity index (χ2v) is 6.65. The van der Waals surface area contributed by atoms with Gasteiger partial charge in [-0.15, -0.1) is 0 Å². The zero-order valence-corrected chi connectivity index (χ0v) is 15.7. The largest absolute Gasteiger partial charge is 0.493 e. The van der Waals surface area contributed by atoms with Gasteiger partial charge in [-0.3, -0.25) is 4.99 Å². The fourth-order valence-electron chi connectivity index (χ4n) is 2.76. The molecule has 1 fully saturated rings. The minimum absolute atomic E-state index is 0.519. The lowest BCUT2D eigenvalue weighted by Crippen LogP contribution is -2.38. The van der Waals surface area contributed by atoms with Crippen molar-refractivity contribution in [3.8, 4) is 11.5 Å². The van der Waals surface area contributed by atoms with Crippen LogP contribution in [0.2, 0.25) is 0 Å². The SMILES string of the molecule is CN=C(NCc1ccc(OCc2ccccc2)c(OC)c1)NC1CC1C. The summed E-state index contributed by atoms with van der Waals surface area (Å²) < 4.78 is 11.4. The third-order valence-corrected chi connectivity index (χ3v) is 4.58. The highest BCUT2D eigenvalue weighted by Gasteiger charge is 2.33. The smallest absolute Gasteiger partial charge is 0.191 e. The molecule has 5 heteroatoms. The molecule has 2 N–H and O–H groups in total. The first-order valence-corrected chi connectivity index (χ1v) is 9.00. The molecule has 138 valence electrons. The van der Waals surface area contributed by atoms with Crippen LogP contribution in [-0.2, 0) is 13.2 Å². The highest BCUT2D eigenvalue weighted by molar-refractivity contribution is 5.80. The van der Waals surface area contributed by atoms with Crippen molar-refractivity contribution in [3.63, 3.8) is 0 Å². The van der Waals surface area contributed by atoms with Gasteiger partial charge in [0, 0.05) is 19.6 Å². The van der Waals surface area contributed by atoms with E-state index in [0.717, 1.165) is 34.5 Å². The van der Waals surface area contributed by atoms with Gasteiger partial charge < -0.3 is 20.1 Å². The summed E-state index contributed by atoms with van der Waals surface area (Å²) in [7, 11) is 3.46. The number of methoxy groups -OCH3 is 1. The molecule has 0 amide bonds. The molecule has 2 aromatic rings. The normalized spacial score (nSPS) is 19.0. The molecule has 0 saturated heterocycles. The summed E-state index contributed by atoms with van der Waals surface area (Å²) in [5.41, 5.74) is 2.24. The second kappa shape index (κ2) is 8.61. The van der Waals surface area contributed by atoms with E-state index in [4.69, 9.17) is 9.47 Å². The average Bonchev–Trinajstić information content (AvgIpc) is 3.39. The van der Waals surface area contributed by atoms with Crippen molar-refractivity contribution in [2.24, 2.45) is 10.9 Å². The summed E-state index contributed by atoms with van der Waals surface area (Å²) in [5.74, 6) is 3.05. The van der Waals surface area contributed by atoms with E-state index < -0.39 is 0 Å². The Morgan fingerprint density at radius 1 is 1.12 bits per heavy atom. The monoisotopic (exact) mass is 353 g/mol. The summed E-state index contributed by atoms with van der Waals surface area (Å²) in [6.45, 7) is 3.44. The molecule has 0 bridgehead atoms. The third-order valence-electron chi connectivity index (χ3n) is 4.58. The fraction of sp³-hybridized carbons (Fsp3) is 0.381. The molecule has 26 heavy (non-hydrogen) atoms. The number of hydrogen-bond acceptors (Lipinski definition) is 3. The van der Waals surface area contributed by atoms with Gasteiger partial charge in [0.2, 0.25) is 0 Å². The number of aliphatic imine (C=N–C) groups is 1. The number of hydrogen-bond donors (Lipinski definition) is 2. The highest BCUT2D eigenvalue weighted by Crippen LogP contribution is 2.29. The van der Waals surface area contributed by atoms with Crippen LogP contribution in [-0.4, -0.2) is 26.2 Å². The molecule has 0 aromatic heterocycles. The molecule has 0 spiro atoms. The van der Waals surface area contributed by atoms with Gasteiger partial charge in [0.15, 0.2) is 17.5 Å². The van der Waals surface area contributed by atoms with E-state index >= 15 is 0 Å². The first-order chi connectivity index (χ1) is 12.7. The van der Waals surface area contributed by atoms with E-state index in [2.05, 4.69) is 22.5 Å². The maximum atomic E-state index is 5.91. The van der Waals surface area contributed by atoms with Gasteiger partial charge in [-0.2, -0.15) is 0 Å². The number of benzene rings is 2. The van der Waals surface area contributed by atoms with E-state index in [9.17, 15) is 0 Å². The Morgan fingerprint density at radius 2 is 1.88 bits per heavy atom. The summed E-state index contributed by atoms with van der Waals surface area (Å²) >= 11 is 0. The molecule has 2 aromatic carbocycles. The quantitative estimate of drug-likeness (QED) is 0.592. The molecule has 1 saturated carbocycles. The Morgan fingerprint density at radius 3 is 2.54 bits per heavy atom. The second-order valence-electron chi connectivity index (χ2n) is 6.65. The van der Waals surface area contributed by atoms with Crippen molar-refractivity contribution in [2.75, 3.05) is 14.2 Å². The first kappa shape index (κ1) is 18.1. The van der Waals surface area contributed by atoms with Gasteiger partial charge in [-0.05, 0) is 35.6 Å².